The number of aryl methyl sites for hydroxylation is 1. The Morgan fingerprint density at radius 1 is 1.56 bits per heavy atom. The van der Waals surface area contributed by atoms with Gasteiger partial charge in [-0.25, -0.2) is 4.98 Å². The Morgan fingerprint density at radius 2 is 2.44 bits per heavy atom. The summed E-state index contributed by atoms with van der Waals surface area (Å²) in [6, 6.07) is 0.526. The second kappa shape index (κ2) is 5.75. The molecule has 1 fully saturated rings. The highest BCUT2D eigenvalue weighted by Crippen LogP contribution is 2.25. The van der Waals surface area contributed by atoms with Crippen LogP contribution in [0, 0.1) is 12.8 Å². The Bertz CT molecular complexity index is 327. The predicted molar refractivity (Wildman–Crippen MR) is 66.8 cm³/mol. The third kappa shape index (κ3) is 2.81. The molecule has 0 amide bonds. The average Bonchev–Trinajstić information content (AvgIpc) is 2.88. The Morgan fingerprint density at radius 3 is 3.12 bits per heavy atom. The maximum absolute atomic E-state index is 9.22. The van der Waals surface area contributed by atoms with Crippen molar-refractivity contribution in [3.63, 3.8) is 0 Å². The maximum Gasteiger partial charge on any atom is 0.0797 e. The number of aliphatic hydroxyl groups is 1. The van der Waals surface area contributed by atoms with Gasteiger partial charge in [0.25, 0.3) is 0 Å². The van der Waals surface area contributed by atoms with E-state index >= 15 is 0 Å². The molecule has 0 spiro atoms. The Kier molecular flexibility index (Phi) is 4.32. The third-order valence-corrected chi connectivity index (χ3v) is 4.49. The van der Waals surface area contributed by atoms with Crippen LogP contribution < -0.4 is 5.32 Å². The third-order valence-electron chi connectivity index (χ3n) is 3.50. The number of thiazole rings is 1. The molecule has 2 unspecified atom stereocenters. The van der Waals surface area contributed by atoms with Gasteiger partial charge in [-0.2, -0.15) is 0 Å². The summed E-state index contributed by atoms with van der Waals surface area (Å²) in [5, 5.41) is 12.8. The van der Waals surface area contributed by atoms with Crippen LogP contribution >= 0.6 is 11.3 Å². The van der Waals surface area contributed by atoms with Gasteiger partial charge in [0.1, 0.15) is 0 Å². The number of rotatable bonds is 5. The smallest absolute Gasteiger partial charge is 0.0797 e. The number of nitrogens with one attached hydrogen (secondary N) is 1. The minimum atomic E-state index is 0.331. The number of nitrogens with zero attached hydrogens (tertiary/aromatic N) is 1. The van der Waals surface area contributed by atoms with Gasteiger partial charge in [0.15, 0.2) is 0 Å². The van der Waals surface area contributed by atoms with E-state index in [0.717, 1.165) is 18.7 Å². The Labute approximate surface area is 101 Å². The van der Waals surface area contributed by atoms with E-state index in [1.165, 1.54) is 24.1 Å². The number of hydrogen-bond donors (Lipinski definition) is 2. The lowest BCUT2D eigenvalue weighted by Crippen LogP contribution is -2.35. The lowest BCUT2D eigenvalue weighted by molar-refractivity contribution is 0.206. The van der Waals surface area contributed by atoms with E-state index in [0.29, 0.717) is 18.6 Å². The SMILES string of the molecule is Cc1ncsc1CCNC1CCCC1CO. The van der Waals surface area contributed by atoms with Crippen LogP contribution in [0.2, 0.25) is 0 Å². The molecule has 0 aliphatic heterocycles. The molecule has 2 atom stereocenters. The average molecular weight is 240 g/mol. The highest BCUT2D eigenvalue weighted by molar-refractivity contribution is 7.09. The summed E-state index contributed by atoms with van der Waals surface area (Å²) >= 11 is 1.74. The van der Waals surface area contributed by atoms with Crippen LogP contribution in [0.15, 0.2) is 5.51 Å². The number of hydrogen-bond acceptors (Lipinski definition) is 4. The van der Waals surface area contributed by atoms with Crippen LogP contribution in [-0.4, -0.2) is 29.3 Å². The number of aromatic nitrogens is 1. The van der Waals surface area contributed by atoms with Crippen molar-refractivity contribution in [3.05, 3.63) is 16.1 Å². The standard InChI is InChI=1S/C12H20N2OS/c1-9-12(16-8-14-9)5-6-13-11-4-2-3-10(11)7-15/h8,10-11,13,15H,2-7H2,1H3. The van der Waals surface area contributed by atoms with Gasteiger partial charge in [0.05, 0.1) is 11.2 Å². The van der Waals surface area contributed by atoms with Crippen molar-refractivity contribution in [1.82, 2.24) is 10.3 Å². The van der Waals surface area contributed by atoms with Crippen molar-refractivity contribution >= 4 is 11.3 Å². The summed E-state index contributed by atoms with van der Waals surface area (Å²) in [7, 11) is 0. The monoisotopic (exact) mass is 240 g/mol. The summed E-state index contributed by atoms with van der Waals surface area (Å²) in [6.45, 7) is 3.40. The topological polar surface area (TPSA) is 45.2 Å². The zero-order valence-electron chi connectivity index (χ0n) is 9.78. The highest BCUT2D eigenvalue weighted by atomic mass is 32.1. The number of aliphatic hydroxyl groups excluding tert-OH is 1. The summed E-state index contributed by atoms with van der Waals surface area (Å²) in [6.07, 6.45) is 4.70. The molecular formula is C12H20N2OS. The van der Waals surface area contributed by atoms with E-state index < -0.39 is 0 Å². The second-order valence-electron chi connectivity index (χ2n) is 4.55. The molecule has 2 rings (SSSR count). The fourth-order valence-corrected chi connectivity index (χ4v) is 3.24. The van der Waals surface area contributed by atoms with Crippen molar-refractivity contribution < 1.29 is 5.11 Å². The van der Waals surface area contributed by atoms with Crippen molar-refractivity contribution in [3.8, 4) is 0 Å². The molecule has 0 saturated heterocycles. The van der Waals surface area contributed by atoms with Crippen LogP contribution in [0.3, 0.4) is 0 Å². The molecule has 0 radical (unpaired) electrons. The molecule has 4 heteroatoms. The molecule has 16 heavy (non-hydrogen) atoms. The first-order valence-corrected chi connectivity index (χ1v) is 6.92. The molecular weight excluding hydrogens is 220 g/mol. The van der Waals surface area contributed by atoms with E-state index in [-0.39, 0.29) is 0 Å². The Balaban J connectivity index is 1.74. The quantitative estimate of drug-likeness (QED) is 0.824. The lowest BCUT2D eigenvalue weighted by atomic mass is 10.1. The molecule has 1 aromatic rings. The zero-order chi connectivity index (χ0) is 11.4. The predicted octanol–water partition coefficient (Wildman–Crippen LogP) is 1.74. The van der Waals surface area contributed by atoms with Gasteiger partial charge in [-0.15, -0.1) is 11.3 Å². The van der Waals surface area contributed by atoms with Crippen LogP contribution in [0.5, 0.6) is 0 Å². The van der Waals surface area contributed by atoms with E-state index in [2.05, 4.69) is 17.2 Å². The van der Waals surface area contributed by atoms with Crippen LogP contribution in [0.4, 0.5) is 0 Å². The molecule has 0 bridgehead atoms. The van der Waals surface area contributed by atoms with Crippen LogP contribution in [-0.2, 0) is 6.42 Å². The summed E-state index contributed by atoms with van der Waals surface area (Å²) in [5.74, 6) is 0.475. The highest BCUT2D eigenvalue weighted by Gasteiger charge is 2.25. The normalized spacial score (nSPS) is 25.1. The maximum atomic E-state index is 9.22. The lowest BCUT2D eigenvalue weighted by Gasteiger charge is -2.18. The molecule has 0 aromatic carbocycles. The van der Waals surface area contributed by atoms with E-state index in [9.17, 15) is 5.11 Å². The molecule has 2 N–H and O–H groups in total. The van der Waals surface area contributed by atoms with E-state index in [1.54, 1.807) is 11.3 Å². The summed E-state index contributed by atoms with van der Waals surface area (Å²) < 4.78 is 0. The molecule has 1 aliphatic carbocycles. The molecule has 3 nitrogen and oxygen atoms in total. The first kappa shape index (κ1) is 12.0. The van der Waals surface area contributed by atoms with Gasteiger partial charge in [0.2, 0.25) is 0 Å². The fourth-order valence-electron chi connectivity index (χ4n) is 2.46. The molecule has 90 valence electrons. The van der Waals surface area contributed by atoms with Gasteiger partial charge in [0, 0.05) is 24.1 Å². The van der Waals surface area contributed by atoms with Crippen molar-refractivity contribution in [2.75, 3.05) is 13.2 Å². The molecule has 1 aromatic heterocycles. The minimum absolute atomic E-state index is 0.331. The largest absolute Gasteiger partial charge is 0.396 e. The Hall–Kier alpha value is -0.450. The molecule has 1 heterocycles. The first-order chi connectivity index (χ1) is 7.81. The van der Waals surface area contributed by atoms with Gasteiger partial charge in [-0.05, 0) is 32.1 Å². The summed E-state index contributed by atoms with van der Waals surface area (Å²) in [4.78, 5) is 5.63. The van der Waals surface area contributed by atoms with Crippen molar-refractivity contribution in [2.24, 2.45) is 5.92 Å². The van der Waals surface area contributed by atoms with E-state index in [4.69, 9.17) is 0 Å². The molecule has 1 aliphatic rings. The van der Waals surface area contributed by atoms with Gasteiger partial charge in [-0.1, -0.05) is 6.42 Å². The molecule has 1 saturated carbocycles. The van der Waals surface area contributed by atoms with Gasteiger partial charge >= 0.3 is 0 Å². The minimum Gasteiger partial charge on any atom is -0.396 e. The van der Waals surface area contributed by atoms with Crippen molar-refractivity contribution in [1.29, 1.82) is 0 Å². The summed E-state index contributed by atoms with van der Waals surface area (Å²) in [5.41, 5.74) is 3.08. The fraction of sp³-hybridized carbons (Fsp3) is 0.750. The van der Waals surface area contributed by atoms with Crippen LogP contribution in [0.25, 0.3) is 0 Å². The second-order valence-corrected chi connectivity index (χ2v) is 5.48. The van der Waals surface area contributed by atoms with Gasteiger partial charge < -0.3 is 10.4 Å². The van der Waals surface area contributed by atoms with E-state index in [1.807, 2.05) is 5.51 Å². The van der Waals surface area contributed by atoms with Crippen molar-refractivity contribution in [2.45, 2.75) is 38.6 Å². The van der Waals surface area contributed by atoms with Gasteiger partial charge in [-0.3, -0.25) is 0 Å². The van der Waals surface area contributed by atoms with Crippen LogP contribution in [0.1, 0.15) is 29.8 Å². The first-order valence-electron chi connectivity index (χ1n) is 6.04. The zero-order valence-corrected chi connectivity index (χ0v) is 10.6.